The highest BCUT2D eigenvalue weighted by atomic mass is 16.5. The van der Waals surface area contributed by atoms with Crippen LogP contribution in [0, 0.1) is 5.92 Å². The first-order valence-corrected chi connectivity index (χ1v) is 21.4. The summed E-state index contributed by atoms with van der Waals surface area (Å²) in [4.78, 5) is 2.20. The zero-order valence-corrected chi connectivity index (χ0v) is 33.1. The van der Waals surface area contributed by atoms with Crippen molar-refractivity contribution in [2.45, 2.75) is 219 Å². The number of aliphatic hydroxyl groups is 2. The van der Waals surface area contributed by atoms with E-state index in [0.29, 0.717) is 6.61 Å². The van der Waals surface area contributed by atoms with Gasteiger partial charge in [-0.25, -0.2) is 0 Å². The van der Waals surface area contributed by atoms with Gasteiger partial charge in [0.2, 0.25) is 0 Å². The van der Waals surface area contributed by atoms with Crippen LogP contribution in [0.2, 0.25) is 0 Å². The summed E-state index contributed by atoms with van der Waals surface area (Å²) >= 11 is 0. The number of aliphatic hydroxyl groups excluding tert-OH is 2. The van der Waals surface area contributed by atoms with Crippen molar-refractivity contribution in [1.29, 1.82) is 0 Å². The average Bonchev–Trinajstić information content (AvgIpc) is 3.08. The molecule has 0 heterocycles. The second-order valence-electron chi connectivity index (χ2n) is 15.1. The number of hydrogen-bond donors (Lipinski definition) is 2. The average molecular weight is 678 g/mol. The summed E-state index contributed by atoms with van der Waals surface area (Å²) < 4.78 is 6.06. The molecule has 0 amide bonds. The molecule has 0 bridgehead atoms. The first kappa shape index (κ1) is 47.3. The Bertz CT molecular complexity index is 664. The van der Waals surface area contributed by atoms with E-state index in [0.717, 1.165) is 32.2 Å². The highest BCUT2D eigenvalue weighted by Gasteiger charge is 2.27. The minimum Gasteiger partial charge on any atom is -0.394 e. The number of hydrogen-bond acceptors (Lipinski definition) is 4. The van der Waals surface area contributed by atoms with E-state index in [1.165, 1.54) is 167 Å². The molecule has 0 fully saturated rings. The van der Waals surface area contributed by atoms with Crippen molar-refractivity contribution in [3.8, 4) is 0 Å². The minimum atomic E-state index is -0.591. The summed E-state index contributed by atoms with van der Waals surface area (Å²) in [6.45, 7) is 6.06. The molecule has 2 N–H and O–H groups in total. The van der Waals surface area contributed by atoms with Gasteiger partial charge in [0.1, 0.15) is 6.10 Å². The molecular formula is C44H87NO3. The Balaban J connectivity index is 3.98. The van der Waals surface area contributed by atoms with Crippen LogP contribution >= 0.6 is 0 Å². The quantitative estimate of drug-likeness (QED) is 0.0502. The van der Waals surface area contributed by atoms with Crippen LogP contribution < -0.4 is 0 Å². The largest absolute Gasteiger partial charge is 0.394 e. The molecule has 4 nitrogen and oxygen atoms in total. The van der Waals surface area contributed by atoms with Crippen LogP contribution in [0.25, 0.3) is 0 Å². The number of nitrogens with zero attached hydrogens (tertiary/aromatic N) is 1. The Morgan fingerprint density at radius 3 is 1.27 bits per heavy atom. The summed E-state index contributed by atoms with van der Waals surface area (Å²) in [7, 11) is 4.20. The summed E-state index contributed by atoms with van der Waals surface area (Å²) in [5.74, 6) is 0.182. The molecule has 0 spiro atoms. The molecule has 48 heavy (non-hydrogen) atoms. The Labute approximate surface area is 302 Å². The first-order valence-electron chi connectivity index (χ1n) is 21.4. The van der Waals surface area contributed by atoms with Crippen molar-refractivity contribution in [3.05, 3.63) is 24.3 Å². The lowest BCUT2D eigenvalue weighted by Gasteiger charge is -2.30. The SMILES string of the molecule is CCCCCCCC/C=C\CCCCCCCCOC(CO)C(O)C(CCCCCCCC/C=C\CCCCCCCC)CCN(C)C. The molecule has 0 saturated heterocycles. The minimum absolute atomic E-state index is 0.0978. The molecule has 4 heteroatoms. The molecule has 0 aromatic heterocycles. The van der Waals surface area contributed by atoms with Crippen LogP contribution in [-0.4, -0.2) is 61.2 Å². The zero-order chi connectivity index (χ0) is 35.2. The van der Waals surface area contributed by atoms with Crippen molar-refractivity contribution in [1.82, 2.24) is 4.90 Å². The van der Waals surface area contributed by atoms with Crippen LogP contribution in [0.4, 0.5) is 0 Å². The molecule has 0 saturated carbocycles. The van der Waals surface area contributed by atoms with Crippen molar-refractivity contribution in [3.63, 3.8) is 0 Å². The Hall–Kier alpha value is -0.680. The normalized spacial score (nSPS) is 14.1. The van der Waals surface area contributed by atoms with Crippen LogP contribution in [0.3, 0.4) is 0 Å². The fourth-order valence-electron chi connectivity index (χ4n) is 6.71. The van der Waals surface area contributed by atoms with E-state index >= 15 is 0 Å². The highest BCUT2D eigenvalue weighted by molar-refractivity contribution is 4.82. The third-order valence-corrected chi connectivity index (χ3v) is 10.1. The van der Waals surface area contributed by atoms with E-state index in [2.05, 4.69) is 57.1 Å². The fraction of sp³-hybridized carbons (Fsp3) is 0.909. The Kier molecular flexibility index (Phi) is 38.6. The maximum absolute atomic E-state index is 11.2. The van der Waals surface area contributed by atoms with Gasteiger partial charge in [0, 0.05) is 6.61 Å². The number of unbranched alkanes of at least 4 members (excludes halogenated alkanes) is 24. The van der Waals surface area contributed by atoms with Gasteiger partial charge in [-0.3, -0.25) is 0 Å². The summed E-state index contributed by atoms with van der Waals surface area (Å²) in [6.07, 6.45) is 47.0. The lowest BCUT2D eigenvalue weighted by Crippen LogP contribution is -2.39. The van der Waals surface area contributed by atoms with Gasteiger partial charge in [-0.1, -0.05) is 160 Å². The zero-order valence-electron chi connectivity index (χ0n) is 33.1. The van der Waals surface area contributed by atoms with Crippen LogP contribution in [0.5, 0.6) is 0 Å². The molecule has 0 aliphatic heterocycles. The van der Waals surface area contributed by atoms with E-state index in [1.54, 1.807) is 0 Å². The predicted molar refractivity (Wildman–Crippen MR) is 213 cm³/mol. The molecule has 0 aromatic carbocycles. The Morgan fingerprint density at radius 2 is 0.875 bits per heavy atom. The van der Waals surface area contributed by atoms with Crippen LogP contribution in [0.1, 0.15) is 206 Å². The Morgan fingerprint density at radius 1 is 0.500 bits per heavy atom. The topological polar surface area (TPSA) is 52.9 Å². The second kappa shape index (κ2) is 39.1. The maximum Gasteiger partial charge on any atom is 0.107 e. The van der Waals surface area contributed by atoms with Crippen molar-refractivity contribution in [2.75, 3.05) is 33.9 Å². The number of allylic oxidation sites excluding steroid dienone is 4. The monoisotopic (exact) mass is 678 g/mol. The predicted octanol–water partition coefficient (Wildman–Crippen LogP) is 12.8. The van der Waals surface area contributed by atoms with Crippen molar-refractivity contribution >= 4 is 0 Å². The number of ether oxygens (including phenoxy) is 1. The van der Waals surface area contributed by atoms with Gasteiger partial charge >= 0.3 is 0 Å². The van der Waals surface area contributed by atoms with E-state index in [1.807, 2.05) is 0 Å². The van der Waals surface area contributed by atoms with Crippen LogP contribution in [0.15, 0.2) is 24.3 Å². The van der Waals surface area contributed by atoms with Gasteiger partial charge in [-0.2, -0.15) is 0 Å². The van der Waals surface area contributed by atoms with Crippen molar-refractivity contribution < 1.29 is 14.9 Å². The van der Waals surface area contributed by atoms with E-state index < -0.39 is 12.2 Å². The molecule has 3 atom stereocenters. The first-order chi connectivity index (χ1) is 23.6. The third kappa shape index (κ3) is 33.8. The second-order valence-corrected chi connectivity index (χ2v) is 15.1. The smallest absolute Gasteiger partial charge is 0.107 e. The van der Waals surface area contributed by atoms with E-state index in [-0.39, 0.29) is 12.5 Å². The van der Waals surface area contributed by atoms with E-state index in [4.69, 9.17) is 4.74 Å². The standard InChI is InChI=1S/C44H87NO3/c1-5-7-9-11-13-15-17-19-21-23-25-27-29-31-33-35-37-42(38-39-45(3)4)44(47)43(41-46)48-40-36-34-32-30-28-26-24-22-20-18-16-14-12-10-8-6-2/h19-22,42-44,46-47H,5-18,23-41H2,1-4H3/b21-19-,22-20-. The molecule has 0 aliphatic carbocycles. The summed E-state index contributed by atoms with van der Waals surface area (Å²) in [5.41, 5.74) is 0. The van der Waals surface area contributed by atoms with Gasteiger partial charge in [0.05, 0.1) is 12.7 Å². The van der Waals surface area contributed by atoms with Gasteiger partial charge in [-0.05, 0) is 97.2 Å². The highest BCUT2D eigenvalue weighted by Crippen LogP contribution is 2.23. The molecule has 0 aromatic rings. The fourth-order valence-corrected chi connectivity index (χ4v) is 6.71. The molecule has 286 valence electrons. The third-order valence-electron chi connectivity index (χ3n) is 10.1. The lowest BCUT2D eigenvalue weighted by atomic mass is 9.89. The van der Waals surface area contributed by atoms with Gasteiger partial charge in [0.25, 0.3) is 0 Å². The molecule has 3 unspecified atom stereocenters. The maximum atomic E-state index is 11.2. The van der Waals surface area contributed by atoms with Gasteiger partial charge < -0.3 is 19.8 Å². The molecule has 0 radical (unpaired) electrons. The lowest BCUT2D eigenvalue weighted by molar-refractivity contribution is -0.0881. The van der Waals surface area contributed by atoms with Crippen molar-refractivity contribution in [2.24, 2.45) is 5.92 Å². The van der Waals surface area contributed by atoms with Gasteiger partial charge in [-0.15, -0.1) is 0 Å². The summed E-state index contributed by atoms with van der Waals surface area (Å²) in [5, 5.41) is 21.3. The number of rotatable bonds is 39. The van der Waals surface area contributed by atoms with Gasteiger partial charge in [0.15, 0.2) is 0 Å². The van der Waals surface area contributed by atoms with E-state index in [9.17, 15) is 10.2 Å². The summed E-state index contributed by atoms with van der Waals surface area (Å²) in [6, 6.07) is 0. The molecule has 0 rings (SSSR count). The van der Waals surface area contributed by atoms with Crippen LogP contribution in [-0.2, 0) is 4.74 Å². The molecular weight excluding hydrogens is 590 g/mol. The molecule has 0 aliphatic rings.